The van der Waals surface area contributed by atoms with Crippen molar-refractivity contribution in [2.75, 3.05) is 13.1 Å². The fourth-order valence-corrected chi connectivity index (χ4v) is 2.43. The normalized spacial score (nSPS) is 24.9. The molecule has 2 heterocycles. The summed E-state index contributed by atoms with van der Waals surface area (Å²) in [6.45, 7) is 2.86. The van der Waals surface area contributed by atoms with Crippen LogP contribution >= 0.6 is 0 Å². The highest BCUT2D eigenvalue weighted by Crippen LogP contribution is 2.43. The maximum Gasteiger partial charge on any atom is 0.142 e. The summed E-state index contributed by atoms with van der Waals surface area (Å²) in [7, 11) is 0. The molecule has 4 heteroatoms. The van der Waals surface area contributed by atoms with Crippen molar-refractivity contribution in [3.05, 3.63) is 24.3 Å². The number of aromatic nitrogens is 2. The van der Waals surface area contributed by atoms with Crippen LogP contribution in [0.4, 0.5) is 0 Å². The first kappa shape index (κ1) is 9.24. The Bertz CT molecular complexity index is 341. The first-order chi connectivity index (χ1) is 7.26. The smallest absolute Gasteiger partial charge is 0.142 e. The predicted octanol–water partition coefficient (Wildman–Crippen LogP) is 0.400. The molecule has 0 radical (unpaired) electrons. The monoisotopic (exact) mass is 204 g/mol. The molecule has 1 aliphatic carbocycles. The largest absolute Gasteiger partial charge is 0.323 e. The van der Waals surface area contributed by atoms with Crippen LogP contribution in [-0.2, 0) is 6.54 Å². The molecule has 1 saturated heterocycles. The van der Waals surface area contributed by atoms with Gasteiger partial charge in [-0.2, -0.15) is 0 Å². The second-order valence-electron chi connectivity index (χ2n) is 4.82. The van der Waals surface area contributed by atoms with E-state index in [2.05, 4.69) is 14.9 Å². The van der Waals surface area contributed by atoms with Crippen molar-refractivity contribution in [2.24, 2.45) is 11.7 Å². The quantitative estimate of drug-likeness (QED) is 0.774. The molecular formula is C11H16N4. The molecule has 1 aliphatic heterocycles. The highest BCUT2D eigenvalue weighted by atomic mass is 15.3. The van der Waals surface area contributed by atoms with E-state index in [1.807, 2.05) is 6.07 Å². The van der Waals surface area contributed by atoms with Crippen LogP contribution in [0.15, 0.2) is 18.5 Å². The van der Waals surface area contributed by atoms with Crippen LogP contribution in [0.25, 0.3) is 0 Å². The highest BCUT2D eigenvalue weighted by Gasteiger charge is 2.50. The number of hydrogen-bond donors (Lipinski definition) is 1. The van der Waals surface area contributed by atoms with Gasteiger partial charge in [0.2, 0.25) is 0 Å². The Morgan fingerprint density at radius 2 is 2.00 bits per heavy atom. The Morgan fingerprint density at radius 3 is 2.60 bits per heavy atom. The average molecular weight is 204 g/mol. The summed E-state index contributed by atoms with van der Waals surface area (Å²) in [5.74, 6) is 1.68. The van der Waals surface area contributed by atoms with Crippen LogP contribution in [0.3, 0.4) is 0 Å². The molecule has 2 fully saturated rings. The zero-order chi connectivity index (χ0) is 10.3. The molecule has 15 heavy (non-hydrogen) atoms. The molecule has 3 rings (SSSR count). The molecular weight excluding hydrogens is 188 g/mol. The van der Waals surface area contributed by atoms with E-state index in [-0.39, 0.29) is 5.54 Å². The molecule has 2 N–H and O–H groups in total. The van der Waals surface area contributed by atoms with E-state index in [0.717, 1.165) is 31.4 Å². The Morgan fingerprint density at radius 1 is 1.33 bits per heavy atom. The number of rotatable bonds is 3. The minimum absolute atomic E-state index is 0.106. The lowest BCUT2D eigenvalue weighted by Crippen LogP contribution is -2.68. The average Bonchev–Trinajstić information content (AvgIpc) is 3.00. The number of hydrogen-bond acceptors (Lipinski definition) is 4. The number of likely N-dealkylation sites (tertiary alicyclic amines) is 1. The fraction of sp³-hybridized carbons (Fsp3) is 0.636. The molecule has 0 atom stereocenters. The lowest BCUT2D eigenvalue weighted by molar-refractivity contribution is 0.0455. The number of nitrogens with two attached hydrogens (primary N) is 1. The highest BCUT2D eigenvalue weighted by molar-refractivity contribution is 5.09. The summed E-state index contributed by atoms with van der Waals surface area (Å²) in [4.78, 5) is 10.8. The molecule has 1 aromatic heterocycles. The van der Waals surface area contributed by atoms with Crippen molar-refractivity contribution in [3.8, 4) is 0 Å². The lowest BCUT2D eigenvalue weighted by Gasteiger charge is -2.48. The van der Waals surface area contributed by atoms with Crippen LogP contribution in [0.5, 0.6) is 0 Å². The van der Waals surface area contributed by atoms with Gasteiger partial charge in [-0.15, -0.1) is 0 Å². The molecule has 0 aromatic carbocycles. The first-order valence-corrected chi connectivity index (χ1v) is 5.53. The third-order valence-electron chi connectivity index (χ3n) is 3.41. The van der Waals surface area contributed by atoms with Gasteiger partial charge >= 0.3 is 0 Å². The summed E-state index contributed by atoms with van der Waals surface area (Å²) in [5, 5.41) is 0. The molecule has 0 spiro atoms. The third-order valence-corrected chi connectivity index (χ3v) is 3.41. The standard InChI is InChI=1S/C11H16N4/c12-11(9-2-3-9)7-15(8-11)6-10-13-4-1-5-14-10/h1,4-5,9H,2-3,6-8,12H2. The van der Waals surface area contributed by atoms with Gasteiger partial charge in [0.25, 0.3) is 0 Å². The summed E-state index contributed by atoms with van der Waals surface area (Å²) in [6.07, 6.45) is 6.23. The van der Waals surface area contributed by atoms with Gasteiger partial charge in [0.05, 0.1) is 6.54 Å². The SMILES string of the molecule is NC1(C2CC2)CN(Cc2ncccn2)C1. The van der Waals surface area contributed by atoms with E-state index in [1.165, 1.54) is 12.8 Å². The van der Waals surface area contributed by atoms with E-state index >= 15 is 0 Å². The van der Waals surface area contributed by atoms with Gasteiger partial charge in [0, 0.05) is 31.0 Å². The molecule has 1 saturated carbocycles. The Balaban J connectivity index is 1.55. The second-order valence-corrected chi connectivity index (χ2v) is 4.82. The summed E-state index contributed by atoms with van der Waals surface area (Å²) in [6, 6.07) is 1.84. The van der Waals surface area contributed by atoms with E-state index in [1.54, 1.807) is 12.4 Å². The van der Waals surface area contributed by atoms with Crippen molar-refractivity contribution in [1.82, 2.24) is 14.9 Å². The van der Waals surface area contributed by atoms with Gasteiger partial charge in [-0.05, 0) is 24.8 Å². The van der Waals surface area contributed by atoms with Crippen LogP contribution in [0.2, 0.25) is 0 Å². The van der Waals surface area contributed by atoms with Gasteiger partial charge in [0.1, 0.15) is 5.82 Å². The Labute approximate surface area is 89.5 Å². The van der Waals surface area contributed by atoms with Gasteiger partial charge in [-0.1, -0.05) is 0 Å². The Kier molecular flexibility index (Phi) is 2.00. The third kappa shape index (κ3) is 1.75. The summed E-state index contributed by atoms with van der Waals surface area (Å²) in [5.41, 5.74) is 6.38. The topological polar surface area (TPSA) is 55.0 Å². The number of nitrogens with zero attached hydrogens (tertiary/aromatic N) is 3. The van der Waals surface area contributed by atoms with Gasteiger partial charge in [0.15, 0.2) is 0 Å². The van der Waals surface area contributed by atoms with Crippen LogP contribution in [0, 0.1) is 5.92 Å². The van der Waals surface area contributed by atoms with Crippen LogP contribution in [0.1, 0.15) is 18.7 Å². The van der Waals surface area contributed by atoms with Crippen molar-refractivity contribution in [2.45, 2.75) is 24.9 Å². The minimum Gasteiger partial charge on any atom is -0.323 e. The summed E-state index contributed by atoms with van der Waals surface area (Å²) >= 11 is 0. The molecule has 0 unspecified atom stereocenters. The lowest BCUT2D eigenvalue weighted by atomic mass is 9.86. The van der Waals surface area contributed by atoms with Gasteiger partial charge in [-0.3, -0.25) is 4.90 Å². The predicted molar refractivity (Wildman–Crippen MR) is 57.0 cm³/mol. The van der Waals surface area contributed by atoms with Crippen molar-refractivity contribution in [1.29, 1.82) is 0 Å². The molecule has 4 nitrogen and oxygen atoms in total. The molecule has 2 aliphatic rings. The fourth-order valence-electron chi connectivity index (χ4n) is 2.43. The van der Waals surface area contributed by atoms with E-state index in [4.69, 9.17) is 5.73 Å². The van der Waals surface area contributed by atoms with E-state index in [9.17, 15) is 0 Å². The second kappa shape index (κ2) is 3.25. The molecule has 80 valence electrons. The maximum absolute atomic E-state index is 6.27. The van der Waals surface area contributed by atoms with Crippen molar-refractivity contribution in [3.63, 3.8) is 0 Å². The van der Waals surface area contributed by atoms with Crippen molar-refractivity contribution < 1.29 is 0 Å². The molecule has 0 amide bonds. The molecule has 1 aromatic rings. The zero-order valence-corrected chi connectivity index (χ0v) is 8.76. The van der Waals surface area contributed by atoms with E-state index < -0.39 is 0 Å². The van der Waals surface area contributed by atoms with Gasteiger partial charge in [-0.25, -0.2) is 9.97 Å². The van der Waals surface area contributed by atoms with Crippen molar-refractivity contribution >= 4 is 0 Å². The first-order valence-electron chi connectivity index (χ1n) is 5.53. The van der Waals surface area contributed by atoms with Crippen LogP contribution in [-0.4, -0.2) is 33.5 Å². The maximum atomic E-state index is 6.27. The Hall–Kier alpha value is -1.00. The zero-order valence-electron chi connectivity index (χ0n) is 8.76. The van der Waals surface area contributed by atoms with Crippen LogP contribution < -0.4 is 5.73 Å². The molecule has 0 bridgehead atoms. The summed E-state index contributed by atoms with van der Waals surface area (Å²) < 4.78 is 0. The minimum atomic E-state index is 0.106. The van der Waals surface area contributed by atoms with Gasteiger partial charge < -0.3 is 5.73 Å². The van der Waals surface area contributed by atoms with E-state index in [0.29, 0.717) is 0 Å².